The van der Waals surface area contributed by atoms with E-state index < -0.39 is 0 Å². The van der Waals surface area contributed by atoms with Gasteiger partial charge in [0.25, 0.3) is 0 Å². The summed E-state index contributed by atoms with van der Waals surface area (Å²) in [5.41, 5.74) is 2.93. The normalized spacial score (nSPS) is 10.6. The van der Waals surface area contributed by atoms with E-state index in [9.17, 15) is 5.11 Å². The largest absolute Gasteiger partial charge is 0.507 e. The van der Waals surface area contributed by atoms with Crippen LogP contribution in [0.15, 0.2) is 47.2 Å². The van der Waals surface area contributed by atoms with Crippen LogP contribution >= 0.6 is 0 Å². The Morgan fingerprint density at radius 2 is 2.05 bits per heavy atom. The van der Waals surface area contributed by atoms with Crippen molar-refractivity contribution in [1.82, 2.24) is 10.1 Å². The molecule has 2 aromatic heterocycles. The molecule has 3 rings (SSSR count). The van der Waals surface area contributed by atoms with Crippen molar-refractivity contribution in [3.05, 3.63) is 48.3 Å². The number of benzene rings is 1. The highest BCUT2D eigenvalue weighted by Gasteiger charge is 2.18. The predicted octanol–water partition coefficient (Wildman–Crippen LogP) is 3.43. The maximum absolute atomic E-state index is 10.2. The molecule has 0 aliphatic rings. The van der Waals surface area contributed by atoms with Crippen molar-refractivity contribution in [1.29, 1.82) is 0 Å². The fourth-order valence-corrected chi connectivity index (χ4v) is 2.22. The van der Waals surface area contributed by atoms with Gasteiger partial charge in [-0.05, 0) is 30.7 Å². The highest BCUT2D eigenvalue weighted by molar-refractivity contribution is 5.81. The molecule has 1 aromatic carbocycles. The van der Waals surface area contributed by atoms with Gasteiger partial charge in [-0.15, -0.1) is 0 Å². The lowest BCUT2D eigenvalue weighted by Crippen LogP contribution is -1.89. The zero-order chi connectivity index (χ0) is 14.8. The quantitative estimate of drug-likeness (QED) is 0.797. The number of hydrogen-bond acceptors (Lipinski definition) is 5. The molecule has 21 heavy (non-hydrogen) atoms. The summed E-state index contributed by atoms with van der Waals surface area (Å²) in [4.78, 5) is 4.29. The Morgan fingerprint density at radius 1 is 1.19 bits per heavy atom. The number of phenolic OH excluding ortho intramolecular Hbond substituents is 1. The fraction of sp³-hybridized carbons (Fsp3) is 0.125. The van der Waals surface area contributed by atoms with Crippen molar-refractivity contribution in [2.45, 2.75) is 6.92 Å². The minimum Gasteiger partial charge on any atom is -0.507 e. The van der Waals surface area contributed by atoms with Crippen LogP contribution in [0.2, 0.25) is 0 Å². The zero-order valence-corrected chi connectivity index (χ0v) is 11.7. The fourth-order valence-electron chi connectivity index (χ4n) is 2.22. The van der Waals surface area contributed by atoms with Crippen LogP contribution in [0.4, 0.5) is 0 Å². The highest BCUT2D eigenvalue weighted by atomic mass is 16.5. The van der Waals surface area contributed by atoms with E-state index in [4.69, 9.17) is 9.26 Å². The molecule has 2 heterocycles. The number of methoxy groups -OCH3 is 1. The first-order chi connectivity index (χ1) is 10.2. The van der Waals surface area contributed by atoms with Gasteiger partial charge >= 0.3 is 0 Å². The van der Waals surface area contributed by atoms with E-state index in [1.807, 2.05) is 25.1 Å². The molecule has 0 unspecified atom stereocenters. The smallest absolute Gasteiger partial charge is 0.179 e. The Bertz CT molecular complexity index is 766. The Kier molecular flexibility index (Phi) is 3.31. The lowest BCUT2D eigenvalue weighted by atomic mass is 10.0. The van der Waals surface area contributed by atoms with Crippen molar-refractivity contribution < 1.29 is 14.4 Å². The average molecular weight is 282 g/mol. The van der Waals surface area contributed by atoms with Crippen LogP contribution in [0.25, 0.3) is 22.6 Å². The van der Waals surface area contributed by atoms with Crippen molar-refractivity contribution in [3.8, 4) is 34.1 Å². The van der Waals surface area contributed by atoms with E-state index in [0.29, 0.717) is 17.1 Å². The molecule has 0 fully saturated rings. The summed E-state index contributed by atoms with van der Waals surface area (Å²) in [5, 5.41) is 14.0. The van der Waals surface area contributed by atoms with Crippen LogP contribution in [-0.4, -0.2) is 22.4 Å². The zero-order valence-electron chi connectivity index (χ0n) is 11.7. The molecule has 0 aliphatic heterocycles. The first kappa shape index (κ1) is 13.2. The Morgan fingerprint density at radius 3 is 2.76 bits per heavy atom. The molecule has 0 bridgehead atoms. The number of pyridine rings is 1. The Balaban J connectivity index is 2.15. The number of phenols is 1. The van der Waals surface area contributed by atoms with Crippen molar-refractivity contribution in [2.75, 3.05) is 7.11 Å². The van der Waals surface area contributed by atoms with Gasteiger partial charge in [0, 0.05) is 12.3 Å². The number of aromatic nitrogens is 2. The van der Waals surface area contributed by atoms with Gasteiger partial charge in [-0.3, -0.25) is 4.98 Å². The van der Waals surface area contributed by atoms with Gasteiger partial charge in [-0.25, -0.2) is 0 Å². The van der Waals surface area contributed by atoms with Crippen molar-refractivity contribution in [3.63, 3.8) is 0 Å². The van der Waals surface area contributed by atoms with Gasteiger partial charge in [-0.2, -0.15) is 0 Å². The number of aryl methyl sites for hydroxylation is 1. The van der Waals surface area contributed by atoms with Gasteiger partial charge in [-0.1, -0.05) is 11.2 Å². The molecule has 106 valence electrons. The standard InChI is InChI=1S/C16H14N2O3/c1-10-7-11(14(19)8-15(10)20-2)16-12(9-18-21-16)13-5-3-4-6-17-13/h3-9,19H,1-2H3. The Labute approximate surface area is 121 Å². The van der Waals surface area contributed by atoms with E-state index in [-0.39, 0.29) is 5.75 Å². The molecular formula is C16H14N2O3. The van der Waals surface area contributed by atoms with Crippen LogP contribution < -0.4 is 4.74 Å². The molecule has 0 radical (unpaired) electrons. The van der Waals surface area contributed by atoms with Gasteiger partial charge in [0.05, 0.1) is 30.1 Å². The molecule has 0 saturated carbocycles. The maximum Gasteiger partial charge on any atom is 0.179 e. The van der Waals surface area contributed by atoms with Crippen LogP contribution in [0.3, 0.4) is 0 Å². The van der Waals surface area contributed by atoms with E-state index >= 15 is 0 Å². The van der Waals surface area contributed by atoms with Crippen LogP contribution in [0.5, 0.6) is 11.5 Å². The maximum atomic E-state index is 10.2. The number of rotatable bonds is 3. The first-order valence-electron chi connectivity index (χ1n) is 6.44. The average Bonchev–Trinajstić information content (AvgIpc) is 2.99. The third-order valence-corrected chi connectivity index (χ3v) is 3.27. The summed E-state index contributed by atoms with van der Waals surface area (Å²) in [5.74, 6) is 1.18. The summed E-state index contributed by atoms with van der Waals surface area (Å²) >= 11 is 0. The van der Waals surface area contributed by atoms with Gasteiger partial charge in [0.15, 0.2) is 5.76 Å². The number of nitrogens with zero attached hydrogens (tertiary/aromatic N) is 2. The molecule has 0 aliphatic carbocycles. The highest BCUT2D eigenvalue weighted by Crippen LogP contribution is 2.39. The van der Waals surface area contributed by atoms with Gasteiger partial charge in [0.2, 0.25) is 0 Å². The second-order valence-electron chi connectivity index (χ2n) is 4.62. The SMILES string of the molecule is COc1cc(O)c(-c2oncc2-c2ccccn2)cc1C. The van der Waals surface area contributed by atoms with Crippen LogP contribution in [-0.2, 0) is 0 Å². The summed E-state index contributed by atoms with van der Waals surface area (Å²) in [6.07, 6.45) is 3.29. The lowest BCUT2D eigenvalue weighted by Gasteiger charge is -2.09. The molecule has 1 N–H and O–H groups in total. The van der Waals surface area contributed by atoms with E-state index in [1.165, 1.54) is 0 Å². The molecule has 0 spiro atoms. The molecule has 0 atom stereocenters. The number of aromatic hydroxyl groups is 1. The van der Waals surface area contributed by atoms with Crippen molar-refractivity contribution in [2.24, 2.45) is 0 Å². The van der Waals surface area contributed by atoms with Crippen LogP contribution in [0.1, 0.15) is 5.56 Å². The molecule has 0 amide bonds. The number of hydrogen-bond donors (Lipinski definition) is 1. The van der Waals surface area contributed by atoms with Gasteiger partial charge < -0.3 is 14.4 Å². The molecule has 3 aromatic rings. The summed E-state index contributed by atoms with van der Waals surface area (Å²) in [6.45, 7) is 1.90. The van der Waals surface area contributed by atoms with E-state index in [1.54, 1.807) is 31.6 Å². The first-order valence-corrected chi connectivity index (χ1v) is 6.44. The minimum atomic E-state index is 0.0754. The number of ether oxygens (including phenoxy) is 1. The van der Waals surface area contributed by atoms with Crippen LogP contribution in [0, 0.1) is 6.92 Å². The lowest BCUT2D eigenvalue weighted by molar-refractivity contribution is 0.403. The predicted molar refractivity (Wildman–Crippen MR) is 78.1 cm³/mol. The Hall–Kier alpha value is -2.82. The van der Waals surface area contributed by atoms with E-state index in [0.717, 1.165) is 16.8 Å². The summed E-state index contributed by atoms with van der Waals surface area (Å²) in [6, 6.07) is 8.96. The van der Waals surface area contributed by atoms with E-state index in [2.05, 4.69) is 10.1 Å². The molecule has 5 heteroatoms. The topological polar surface area (TPSA) is 68.4 Å². The molecular weight excluding hydrogens is 268 g/mol. The third-order valence-electron chi connectivity index (χ3n) is 3.27. The molecule has 0 saturated heterocycles. The second-order valence-corrected chi connectivity index (χ2v) is 4.62. The molecule has 5 nitrogen and oxygen atoms in total. The minimum absolute atomic E-state index is 0.0754. The monoisotopic (exact) mass is 282 g/mol. The second kappa shape index (κ2) is 5.28. The third kappa shape index (κ3) is 2.33. The van der Waals surface area contributed by atoms with Gasteiger partial charge in [0.1, 0.15) is 11.5 Å². The summed E-state index contributed by atoms with van der Waals surface area (Å²) in [7, 11) is 1.56. The van der Waals surface area contributed by atoms with Crippen molar-refractivity contribution >= 4 is 0 Å². The summed E-state index contributed by atoms with van der Waals surface area (Å²) < 4.78 is 10.5.